The largest absolute Gasteiger partial charge is 0.759 e. The van der Waals surface area contributed by atoms with E-state index in [4.69, 9.17) is 12.6 Å². The van der Waals surface area contributed by atoms with Gasteiger partial charge in [0.25, 0.3) is 0 Å². The SMILES string of the molecule is O=Cc1cc2ccccc2nc1[S-]. The Labute approximate surface area is 81.0 Å². The third-order valence-electron chi connectivity index (χ3n) is 1.84. The fraction of sp³-hybridized carbons (Fsp3) is 0. The van der Waals surface area contributed by atoms with Gasteiger partial charge in [-0.25, -0.2) is 0 Å². The monoisotopic (exact) mass is 188 g/mol. The molecule has 13 heavy (non-hydrogen) atoms. The molecule has 0 fully saturated rings. The van der Waals surface area contributed by atoms with Crippen LogP contribution in [0.5, 0.6) is 0 Å². The molecule has 0 aliphatic carbocycles. The van der Waals surface area contributed by atoms with E-state index in [-0.39, 0.29) is 0 Å². The van der Waals surface area contributed by atoms with Crippen LogP contribution in [0.3, 0.4) is 0 Å². The standard InChI is InChI=1S/C10H7NOS/c12-6-8-5-7-3-1-2-4-9(7)11-10(8)13/h1-6H,(H,11,13)/p-1. The van der Waals surface area contributed by atoms with Gasteiger partial charge in [0.2, 0.25) is 0 Å². The fourth-order valence-electron chi connectivity index (χ4n) is 1.20. The second-order valence-corrected chi connectivity index (χ2v) is 3.08. The highest BCUT2D eigenvalue weighted by molar-refractivity contribution is 7.58. The molecule has 2 nitrogen and oxygen atoms in total. The van der Waals surface area contributed by atoms with E-state index in [9.17, 15) is 4.79 Å². The minimum atomic E-state index is 0.369. The predicted octanol–water partition coefficient (Wildman–Crippen LogP) is 1.95. The van der Waals surface area contributed by atoms with Crippen LogP contribution in [0.25, 0.3) is 10.9 Å². The van der Waals surface area contributed by atoms with Gasteiger partial charge in [0.05, 0.1) is 5.52 Å². The smallest absolute Gasteiger partial charge is 0.150 e. The molecule has 0 unspecified atom stereocenters. The topological polar surface area (TPSA) is 30.0 Å². The van der Waals surface area contributed by atoms with Crippen molar-refractivity contribution in [2.24, 2.45) is 0 Å². The lowest BCUT2D eigenvalue weighted by molar-refractivity contribution is 0.112. The highest BCUT2D eigenvalue weighted by Crippen LogP contribution is 2.14. The first-order valence-corrected chi connectivity index (χ1v) is 4.24. The van der Waals surface area contributed by atoms with Crippen molar-refractivity contribution in [1.29, 1.82) is 0 Å². The Kier molecular flexibility index (Phi) is 1.94. The number of hydrogen-bond acceptors (Lipinski definition) is 3. The van der Waals surface area contributed by atoms with Gasteiger partial charge in [-0.1, -0.05) is 23.2 Å². The number of nitrogens with zero attached hydrogens (tertiary/aromatic N) is 1. The number of aldehydes is 1. The molecular weight excluding hydrogens is 182 g/mol. The van der Waals surface area contributed by atoms with Crippen molar-refractivity contribution in [2.75, 3.05) is 0 Å². The Balaban J connectivity index is 2.81. The zero-order chi connectivity index (χ0) is 9.26. The second kappa shape index (κ2) is 3.11. The van der Waals surface area contributed by atoms with E-state index in [2.05, 4.69) is 4.98 Å². The highest BCUT2D eigenvalue weighted by Gasteiger charge is 1.96. The van der Waals surface area contributed by atoms with Gasteiger partial charge in [-0.05, 0) is 12.1 Å². The van der Waals surface area contributed by atoms with Crippen LogP contribution in [-0.4, -0.2) is 11.3 Å². The molecule has 0 aliphatic heterocycles. The van der Waals surface area contributed by atoms with E-state index >= 15 is 0 Å². The Hall–Kier alpha value is -1.48. The van der Waals surface area contributed by atoms with Crippen molar-refractivity contribution in [3.8, 4) is 0 Å². The van der Waals surface area contributed by atoms with Gasteiger partial charge in [0.15, 0.2) is 0 Å². The van der Waals surface area contributed by atoms with Crippen LogP contribution >= 0.6 is 0 Å². The summed E-state index contributed by atoms with van der Waals surface area (Å²) in [4.78, 5) is 14.7. The summed E-state index contributed by atoms with van der Waals surface area (Å²) in [7, 11) is 0. The summed E-state index contributed by atoms with van der Waals surface area (Å²) < 4.78 is 0. The summed E-state index contributed by atoms with van der Waals surface area (Å²) in [6, 6.07) is 9.34. The maximum Gasteiger partial charge on any atom is 0.150 e. The van der Waals surface area contributed by atoms with E-state index in [0.29, 0.717) is 10.6 Å². The van der Waals surface area contributed by atoms with Gasteiger partial charge in [0.1, 0.15) is 6.29 Å². The van der Waals surface area contributed by atoms with Crippen molar-refractivity contribution >= 4 is 29.8 Å². The molecule has 0 N–H and O–H groups in total. The molecule has 3 heteroatoms. The maximum absolute atomic E-state index is 10.6. The number of rotatable bonds is 1. The number of carbonyl (C=O) groups is 1. The fourth-order valence-corrected chi connectivity index (χ4v) is 1.40. The molecule has 1 aromatic carbocycles. The Morgan fingerprint density at radius 2 is 2.08 bits per heavy atom. The van der Waals surface area contributed by atoms with E-state index in [1.807, 2.05) is 24.3 Å². The molecule has 0 bridgehead atoms. The van der Waals surface area contributed by atoms with Crippen LogP contribution < -0.4 is 0 Å². The van der Waals surface area contributed by atoms with Crippen molar-refractivity contribution in [3.63, 3.8) is 0 Å². The highest BCUT2D eigenvalue weighted by atomic mass is 32.1. The zero-order valence-corrected chi connectivity index (χ0v) is 7.54. The molecule has 0 saturated carbocycles. The molecule has 0 atom stereocenters. The number of aromatic nitrogens is 1. The normalized spacial score (nSPS) is 10.2. The molecule has 0 saturated heterocycles. The van der Waals surface area contributed by atoms with Gasteiger partial charge in [0, 0.05) is 10.9 Å². The predicted molar refractivity (Wildman–Crippen MR) is 52.8 cm³/mol. The lowest BCUT2D eigenvalue weighted by Crippen LogP contribution is -1.90. The van der Waals surface area contributed by atoms with Crippen LogP contribution in [0.1, 0.15) is 10.4 Å². The second-order valence-electron chi connectivity index (χ2n) is 2.69. The Morgan fingerprint density at radius 3 is 2.85 bits per heavy atom. The first kappa shape index (κ1) is 8.13. The molecule has 2 rings (SSSR count). The molecule has 0 spiro atoms. The molecular formula is C10H6NOS-. The molecule has 1 aromatic heterocycles. The van der Waals surface area contributed by atoms with Crippen LogP contribution in [-0.2, 0) is 12.6 Å². The van der Waals surface area contributed by atoms with Crippen molar-refractivity contribution in [3.05, 3.63) is 35.9 Å². The first-order valence-electron chi connectivity index (χ1n) is 3.83. The van der Waals surface area contributed by atoms with Gasteiger partial charge in [-0.15, -0.1) is 0 Å². The van der Waals surface area contributed by atoms with Gasteiger partial charge in [-0.2, -0.15) is 0 Å². The van der Waals surface area contributed by atoms with Gasteiger partial charge in [-0.3, -0.25) is 9.78 Å². The molecule has 1 heterocycles. The number of hydrogen-bond donors (Lipinski definition) is 0. The Morgan fingerprint density at radius 1 is 1.31 bits per heavy atom. The summed E-state index contributed by atoms with van der Waals surface area (Å²) in [6.07, 6.45) is 0.738. The third kappa shape index (κ3) is 1.38. The number of benzene rings is 1. The summed E-state index contributed by atoms with van der Waals surface area (Å²) in [5, 5.41) is 1.31. The zero-order valence-electron chi connectivity index (χ0n) is 6.73. The van der Waals surface area contributed by atoms with Crippen LogP contribution in [0, 0.1) is 0 Å². The van der Waals surface area contributed by atoms with E-state index < -0.39 is 0 Å². The third-order valence-corrected chi connectivity index (χ3v) is 2.17. The number of para-hydroxylation sites is 1. The lowest BCUT2D eigenvalue weighted by Gasteiger charge is -2.08. The average molecular weight is 188 g/mol. The lowest BCUT2D eigenvalue weighted by atomic mass is 10.2. The van der Waals surface area contributed by atoms with E-state index in [1.165, 1.54) is 0 Å². The van der Waals surface area contributed by atoms with Gasteiger partial charge >= 0.3 is 0 Å². The minimum absolute atomic E-state index is 0.369. The first-order chi connectivity index (χ1) is 6.31. The molecule has 0 aliphatic rings. The minimum Gasteiger partial charge on any atom is -0.759 e. The van der Waals surface area contributed by atoms with Crippen molar-refractivity contribution < 1.29 is 4.79 Å². The Bertz CT molecular complexity index is 467. The quantitative estimate of drug-likeness (QED) is 0.506. The number of pyridine rings is 1. The molecule has 0 radical (unpaired) electrons. The van der Waals surface area contributed by atoms with Crippen LogP contribution in [0.4, 0.5) is 0 Å². The maximum atomic E-state index is 10.6. The summed E-state index contributed by atoms with van der Waals surface area (Å²) in [5.74, 6) is 0. The van der Waals surface area contributed by atoms with Crippen LogP contribution in [0.15, 0.2) is 35.4 Å². The van der Waals surface area contributed by atoms with Crippen molar-refractivity contribution in [2.45, 2.75) is 5.03 Å². The van der Waals surface area contributed by atoms with Gasteiger partial charge < -0.3 is 12.6 Å². The van der Waals surface area contributed by atoms with E-state index in [1.54, 1.807) is 6.07 Å². The van der Waals surface area contributed by atoms with Crippen molar-refractivity contribution in [1.82, 2.24) is 4.98 Å². The summed E-state index contributed by atoms with van der Waals surface area (Å²) in [5.41, 5.74) is 1.31. The average Bonchev–Trinajstić information content (AvgIpc) is 2.17. The summed E-state index contributed by atoms with van der Waals surface area (Å²) >= 11 is 4.94. The van der Waals surface area contributed by atoms with Crippen LogP contribution in [0.2, 0.25) is 0 Å². The number of fused-ring (bicyclic) bond motifs is 1. The van der Waals surface area contributed by atoms with E-state index in [0.717, 1.165) is 17.2 Å². The number of carbonyl (C=O) groups excluding carboxylic acids is 1. The molecule has 2 aromatic rings. The molecule has 0 amide bonds. The molecule has 64 valence electrons. The summed E-state index contributed by atoms with van der Waals surface area (Å²) in [6.45, 7) is 0.